The summed E-state index contributed by atoms with van der Waals surface area (Å²) >= 11 is 5.83. The SMILES string of the molecule is C/C(=C\c1ccc(Cl)cc1)C(=O)NCCNC(=O)c1ccccc1. The molecule has 0 saturated carbocycles. The van der Waals surface area contributed by atoms with Gasteiger partial charge in [0.15, 0.2) is 0 Å². The largest absolute Gasteiger partial charge is 0.351 e. The van der Waals surface area contributed by atoms with Crippen LogP contribution in [0.4, 0.5) is 0 Å². The molecule has 2 aromatic rings. The molecular weight excluding hydrogens is 324 g/mol. The molecule has 0 heterocycles. The van der Waals surface area contributed by atoms with Crippen LogP contribution in [-0.2, 0) is 4.79 Å². The van der Waals surface area contributed by atoms with Gasteiger partial charge in [0.2, 0.25) is 5.91 Å². The molecule has 0 bridgehead atoms. The molecule has 0 unspecified atom stereocenters. The number of nitrogens with one attached hydrogen (secondary N) is 2. The summed E-state index contributed by atoms with van der Waals surface area (Å²) in [6.07, 6.45) is 1.79. The van der Waals surface area contributed by atoms with Crippen molar-refractivity contribution in [3.05, 3.63) is 76.3 Å². The Hall–Kier alpha value is -2.59. The summed E-state index contributed by atoms with van der Waals surface area (Å²) in [5, 5.41) is 6.19. The van der Waals surface area contributed by atoms with E-state index in [1.807, 2.05) is 30.3 Å². The first-order valence-electron chi connectivity index (χ1n) is 7.61. The van der Waals surface area contributed by atoms with Gasteiger partial charge in [0.25, 0.3) is 5.91 Å². The normalized spacial score (nSPS) is 11.0. The molecule has 0 aliphatic heterocycles. The van der Waals surface area contributed by atoms with Crippen LogP contribution in [0.2, 0.25) is 5.02 Å². The lowest BCUT2D eigenvalue weighted by Crippen LogP contribution is -2.34. The fourth-order valence-electron chi connectivity index (χ4n) is 2.06. The van der Waals surface area contributed by atoms with Crippen molar-refractivity contribution >= 4 is 29.5 Å². The Morgan fingerprint density at radius 2 is 1.58 bits per heavy atom. The first kappa shape index (κ1) is 17.8. The Labute approximate surface area is 146 Å². The maximum atomic E-state index is 12.0. The number of rotatable bonds is 6. The number of carbonyl (C=O) groups excluding carboxylic acids is 2. The molecule has 2 N–H and O–H groups in total. The van der Waals surface area contributed by atoms with Gasteiger partial charge in [0.05, 0.1) is 0 Å². The second kappa shape index (κ2) is 8.89. The summed E-state index contributed by atoms with van der Waals surface area (Å²) in [6, 6.07) is 16.2. The predicted octanol–water partition coefficient (Wildman–Crippen LogP) is 3.29. The van der Waals surface area contributed by atoms with E-state index < -0.39 is 0 Å². The summed E-state index contributed by atoms with van der Waals surface area (Å²) in [4.78, 5) is 23.9. The molecule has 124 valence electrons. The molecule has 0 spiro atoms. The summed E-state index contributed by atoms with van der Waals surface area (Å²) < 4.78 is 0. The van der Waals surface area contributed by atoms with E-state index >= 15 is 0 Å². The van der Waals surface area contributed by atoms with Gasteiger partial charge in [0, 0.05) is 29.2 Å². The van der Waals surface area contributed by atoms with Crippen LogP contribution in [-0.4, -0.2) is 24.9 Å². The van der Waals surface area contributed by atoms with Crippen molar-refractivity contribution in [1.82, 2.24) is 10.6 Å². The van der Waals surface area contributed by atoms with Crippen molar-refractivity contribution in [3.63, 3.8) is 0 Å². The summed E-state index contributed by atoms with van der Waals surface area (Å²) in [5.41, 5.74) is 2.10. The molecule has 0 saturated heterocycles. The summed E-state index contributed by atoms with van der Waals surface area (Å²) in [7, 11) is 0. The van der Waals surface area contributed by atoms with E-state index in [2.05, 4.69) is 10.6 Å². The van der Waals surface area contributed by atoms with Crippen LogP contribution in [0, 0.1) is 0 Å². The first-order chi connectivity index (χ1) is 11.6. The topological polar surface area (TPSA) is 58.2 Å². The van der Waals surface area contributed by atoms with Crippen molar-refractivity contribution in [2.24, 2.45) is 0 Å². The third kappa shape index (κ3) is 5.56. The van der Waals surface area contributed by atoms with Crippen LogP contribution in [0.5, 0.6) is 0 Å². The highest BCUT2D eigenvalue weighted by Gasteiger charge is 2.05. The molecule has 0 atom stereocenters. The highest BCUT2D eigenvalue weighted by Crippen LogP contribution is 2.12. The molecule has 2 amide bonds. The monoisotopic (exact) mass is 342 g/mol. The van der Waals surface area contributed by atoms with Crippen molar-refractivity contribution in [1.29, 1.82) is 0 Å². The van der Waals surface area contributed by atoms with E-state index in [9.17, 15) is 9.59 Å². The number of amides is 2. The summed E-state index contributed by atoms with van der Waals surface area (Å²) in [6.45, 7) is 2.48. The molecule has 0 radical (unpaired) electrons. The molecule has 0 fully saturated rings. The summed E-state index contributed by atoms with van der Waals surface area (Å²) in [5.74, 6) is -0.322. The minimum Gasteiger partial charge on any atom is -0.351 e. The molecular formula is C19H19ClN2O2. The second-order valence-corrected chi connectivity index (χ2v) is 5.69. The first-order valence-corrected chi connectivity index (χ1v) is 7.99. The number of carbonyl (C=O) groups is 2. The van der Waals surface area contributed by atoms with E-state index in [0.29, 0.717) is 29.2 Å². The van der Waals surface area contributed by atoms with Gasteiger partial charge in [0.1, 0.15) is 0 Å². The maximum Gasteiger partial charge on any atom is 0.251 e. The average Bonchev–Trinajstić information content (AvgIpc) is 2.61. The van der Waals surface area contributed by atoms with E-state index in [1.165, 1.54) is 0 Å². The van der Waals surface area contributed by atoms with Gasteiger partial charge in [-0.1, -0.05) is 41.9 Å². The zero-order chi connectivity index (χ0) is 17.4. The Morgan fingerprint density at radius 1 is 0.958 bits per heavy atom. The van der Waals surface area contributed by atoms with Gasteiger partial charge < -0.3 is 10.6 Å². The fraction of sp³-hybridized carbons (Fsp3) is 0.158. The Kier molecular flexibility index (Phi) is 6.58. The standard InChI is InChI=1S/C19H19ClN2O2/c1-14(13-15-7-9-17(20)10-8-15)18(23)21-11-12-22-19(24)16-5-3-2-4-6-16/h2-10,13H,11-12H2,1H3,(H,21,23)(H,22,24)/b14-13+. The van der Waals surface area contributed by atoms with Crippen molar-refractivity contribution in [3.8, 4) is 0 Å². The zero-order valence-corrected chi connectivity index (χ0v) is 14.1. The van der Waals surface area contributed by atoms with E-state index in [-0.39, 0.29) is 11.8 Å². The van der Waals surface area contributed by atoms with Crippen LogP contribution in [0.1, 0.15) is 22.8 Å². The molecule has 24 heavy (non-hydrogen) atoms. The number of hydrogen-bond acceptors (Lipinski definition) is 2. The lowest BCUT2D eigenvalue weighted by molar-refractivity contribution is -0.117. The maximum absolute atomic E-state index is 12.0. The Bertz CT molecular complexity index is 725. The van der Waals surface area contributed by atoms with Crippen LogP contribution >= 0.6 is 11.6 Å². The molecule has 2 aromatic carbocycles. The number of halogens is 1. The Balaban J connectivity index is 1.76. The minimum atomic E-state index is -0.168. The molecule has 5 heteroatoms. The van der Waals surface area contributed by atoms with Gasteiger partial charge in [-0.05, 0) is 42.8 Å². The second-order valence-electron chi connectivity index (χ2n) is 5.26. The van der Waals surface area contributed by atoms with Gasteiger partial charge >= 0.3 is 0 Å². The lowest BCUT2D eigenvalue weighted by Gasteiger charge is -2.07. The van der Waals surface area contributed by atoms with Gasteiger partial charge in [-0.2, -0.15) is 0 Å². The van der Waals surface area contributed by atoms with Gasteiger partial charge in [-0.25, -0.2) is 0 Å². The van der Waals surface area contributed by atoms with E-state index in [1.54, 1.807) is 37.3 Å². The molecule has 4 nitrogen and oxygen atoms in total. The molecule has 0 aromatic heterocycles. The average molecular weight is 343 g/mol. The third-order valence-electron chi connectivity index (χ3n) is 3.34. The third-order valence-corrected chi connectivity index (χ3v) is 3.60. The van der Waals surface area contributed by atoms with Crippen molar-refractivity contribution in [2.75, 3.05) is 13.1 Å². The Morgan fingerprint density at radius 3 is 2.25 bits per heavy atom. The van der Waals surface area contributed by atoms with Crippen molar-refractivity contribution in [2.45, 2.75) is 6.92 Å². The van der Waals surface area contributed by atoms with Crippen LogP contribution in [0.25, 0.3) is 6.08 Å². The minimum absolute atomic E-state index is 0.154. The van der Waals surface area contributed by atoms with Crippen LogP contribution in [0.15, 0.2) is 60.2 Å². The van der Waals surface area contributed by atoms with E-state index in [4.69, 9.17) is 11.6 Å². The molecule has 0 aliphatic rings. The van der Waals surface area contributed by atoms with Crippen molar-refractivity contribution < 1.29 is 9.59 Å². The smallest absolute Gasteiger partial charge is 0.251 e. The van der Waals surface area contributed by atoms with Gasteiger partial charge in [-0.15, -0.1) is 0 Å². The molecule has 0 aliphatic carbocycles. The van der Waals surface area contributed by atoms with Crippen LogP contribution < -0.4 is 10.6 Å². The fourth-order valence-corrected chi connectivity index (χ4v) is 2.18. The highest BCUT2D eigenvalue weighted by molar-refractivity contribution is 6.30. The number of benzene rings is 2. The van der Waals surface area contributed by atoms with E-state index in [0.717, 1.165) is 5.56 Å². The molecule has 2 rings (SSSR count). The van der Waals surface area contributed by atoms with Gasteiger partial charge in [-0.3, -0.25) is 9.59 Å². The lowest BCUT2D eigenvalue weighted by atomic mass is 10.1. The van der Waals surface area contributed by atoms with Crippen LogP contribution in [0.3, 0.4) is 0 Å². The zero-order valence-electron chi connectivity index (χ0n) is 13.4. The number of hydrogen-bond donors (Lipinski definition) is 2. The predicted molar refractivity (Wildman–Crippen MR) is 96.9 cm³/mol. The quantitative estimate of drug-likeness (QED) is 0.625. The highest BCUT2D eigenvalue weighted by atomic mass is 35.5.